The average molecular weight is 222 g/mol. The smallest absolute Gasteiger partial charge is 0.261 e. The molecule has 5 nitrogen and oxygen atoms in total. The van der Waals surface area contributed by atoms with Gasteiger partial charge in [-0.1, -0.05) is 0 Å². The fraction of sp³-hybridized carbons (Fsp3) is 0.750. The summed E-state index contributed by atoms with van der Waals surface area (Å²) in [4.78, 5) is 23.3. The second kappa shape index (κ2) is 5.72. The van der Waals surface area contributed by atoms with Gasteiger partial charge in [0.25, 0.3) is 6.43 Å². The minimum absolute atomic E-state index is 0.0882. The predicted molar refractivity (Wildman–Crippen MR) is 46.4 cm³/mol. The third-order valence-electron chi connectivity index (χ3n) is 1.81. The summed E-state index contributed by atoms with van der Waals surface area (Å²) < 4.78 is 28.0. The molecule has 1 N–H and O–H groups in total. The second-order valence-electron chi connectivity index (χ2n) is 3.15. The van der Waals surface area contributed by atoms with Crippen molar-refractivity contribution in [1.29, 1.82) is 0 Å². The van der Waals surface area contributed by atoms with Gasteiger partial charge in [0, 0.05) is 6.54 Å². The summed E-state index contributed by atoms with van der Waals surface area (Å²) in [5, 5.41) is 2.14. The van der Waals surface area contributed by atoms with E-state index in [4.69, 9.17) is 0 Å². The van der Waals surface area contributed by atoms with Crippen molar-refractivity contribution in [3.8, 4) is 0 Å². The van der Waals surface area contributed by atoms with Crippen molar-refractivity contribution in [2.24, 2.45) is 0 Å². The summed E-state index contributed by atoms with van der Waals surface area (Å²) in [6.45, 7) is -0.0294. The van der Waals surface area contributed by atoms with E-state index in [1.165, 1.54) is 0 Å². The molecule has 0 radical (unpaired) electrons. The molecule has 1 heterocycles. The molecule has 0 atom stereocenters. The van der Waals surface area contributed by atoms with E-state index in [1.807, 2.05) is 0 Å². The Morgan fingerprint density at radius 2 is 1.93 bits per heavy atom. The molecule has 15 heavy (non-hydrogen) atoms. The molecule has 7 heteroatoms. The van der Waals surface area contributed by atoms with Crippen molar-refractivity contribution in [2.75, 3.05) is 32.8 Å². The Morgan fingerprint density at radius 1 is 1.33 bits per heavy atom. The number of hydrogen-bond donors (Lipinski definition) is 1. The first kappa shape index (κ1) is 12.0. The van der Waals surface area contributed by atoms with Gasteiger partial charge in [-0.15, -0.1) is 0 Å². The molecular weight excluding hydrogens is 210 g/mol. The molecule has 0 saturated carbocycles. The molecule has 0 aromatic carbocycles. The molecule has 0 aromatic rings. The van der Waals surface area contributed by atoms with E-state index in [-0.39, 0.29) is 31.5 Å². The molecule has 0 spiro atoms. The van der Waals surface area contributed by atoms with Crippen molar-refractivity contribution in [1.82, 2.24) is 10.2 Å². The van der Waals surface area contributed by atoms with Gasteiger partial charge in [-0.05, 0) is 0 Å². The van der Waals surface area contributed by atoms with Crippen molar-refractivity contribution in [2.45, 2.75) is 6.43 Å². The standard InChI is InChI=1S/C8H12F2N2O3/c9-6(10)5-15-2-1-12-3-7(13)11-8(14)4-12/h6H,1-5H2,(H,11,13,14). The van der Waals surface area contributed by atoms with Crippen LogP contribution in [0.5, 0.6) is 0 Å². The van der Waals surface area contributed by atoms with E-state index >= 15 is 0 Å². The van der Waals surface area contributed by atoms with Gasteiger partial charge in [-0.3, -0.25) is 19.8 Å². The number of carbonyl (C=O) groups is 2. The van der Waals surface area contributed by atoms with Crippen LogP contribution in [0.2, 0.25) is 0 Å². The fourth-order valence-electron chi connectivity index (χ4n) is 1.22. The molecule has 1 aliphatic heterocycles. The molecule has 2 amide bonds. The Kier molecular flexibility index (Phi) is 4.57. The van der Waals surface area contributed by atoms with Crippen molar-refractivity contribution in [3.05, 3.63) is 0 Å². The quantitative estimate of drug-likeness (QED) is 0.490. The zero-order chi connectivity index (χ0) is 11.3. The third kappa shape index (κ3) is 4.80. The van der Waals surface area contributed by atoms with Crippen LogP contribution in [0.3, 0.4) is 0 Å². The van der Waals surface area contributed by atoms with E-state index < -0.39 is 13.0 Å². The molecule has 86 valence electrons. The number of amides is 2. The van der Waals surface area contributed by atoms with Crippen LogP contribution in [-0.2, 0) is 14.3 Å². The van der Waals surface area contributed by atoms with E-state index in [1.54, 1.807) is 4.90 Å². The summed E-state index contributed by atoms with van der Waals surface area (Å²) in [5.74, 6) is -0.750. The number of alkyl halides is 2. The Labute approximate surface area is 85.4 Å². The van der Waals surface area contributed by atoms with Crippen LogP contribution in [0, 0.1) is 0 Å². The highest BCUT2D eigenvalue weighted by Crippen LogP contribution is 1.96. The number of piperazine rings is 1. The zero-order valence-electron chi connectivity index (χ0n) is 8.04. The van der Waals surface area contributed by atoms with Crippen LogP contribution in [0.1, 0.15) is 0 Å². The highest BCUT2D eigenvalue weighted by molar-refractivity contribution is 5.99. The maximum absolute atomic E-state index is 11.7. The number of nitrogens with one attached hydrogen (secondary N) is 1. The number of nitrogens with zero attached hydrogens (tertiary/aromatic N) is 1. The van der Waals surface area contributed by atoms with Gasteiger partial charge in [0.05, 0.1) is 19.7 Å². The summed E-state index contributed by atoms with van der Waals surface area (Å²) in [6, 6.07) is 0. The van der Waals surface area contributed by atoms with Gasteiger partial charge in [0.1, 0.15) is 6.61 Å². The van der Waals surface area contributed by atoms with Gasteiger partial charge in [0.15, 0.2) is 0 Å². The fourth-order valence-corrected chi connectivity index (χ4v) is 1.22. The summed E-state index contributed by atoms with van der Waals surface area (Å²) in [7, 11) is 0. The first-order valence-corrected chi connectivity index (χ1v) is 4.49. The number of carbonyl (C=O) groups excluding carboxylic acids is 2. The van der Waals surface area contributed by atoms with E-state index in [9.17, 15) is 18.4 Å². The number of halogens is 2. The highest BCUT2D eigenvalue weighted by atomic mass is 19.3. The largest absolute Gasteiger partial charge is 0.374 e. The maximum Gasteiger partial charge on any atom is 0.261 e. The Balaban J connectivity index is 2.15. The van der Waals surface area contributed by atoms with Crippen LogP contribution in [0.15, 0.2) is 0 Å². The number of ether oxygens (including phenoxy) is 1. The molecule has 1 fully saturated rings. The molecular formula is C8H12F2N2O3. The summed E-state index contributed by atoms with van der Waals surface area (Å²) in [6.07, 6.45) is -2.49. The van der Waals surface area contributed by atoms with Gasteiger partial charge >= 0.3 is 0 Å². The zero-order valence-corrected chi connectivity index (χ0v) is 8.04. The van der Waals surface area contributed by atoms with E-state index in [0.29, 0.717) is 6.54 Å². The third-order valence-corrected chi connectivity index (χ3v) is 1.81. The minimum Gasteiger partial charge on any atom is -0.374 e. The number of rotatable bonds is 5. The Morgan fingerprint density at radius 3 is 2.47 bits per heavy atom. The van der Waals surface area contributed by atoms with Crippen LogP contribution in [0.4, 0.5) is 8.78 Å². The van der Waals surface area contributed by atoms with E-state index in [2.05, 4.69) is 10.1 Å². The summed E-state index contributed by atoms with van der Waals surface area (Å²) in [5.41, 5.74) is 0. The molecule has 0 bridgehead atoms. The predicted octanol–water partition coefficient (Wildman–Crippen LogP) is -0.773. The lowest BCUT2D eigenvalue weighted by atomic mass is 10.3. The first-order chi connectivity index (χ1) is 7.08. The van der Waals surface area contributed by atoms with Crippen molar-refractivity contribution in [3.63, 3.8) is 0 Å². The summed E-state index contributed by atoms with van der Waals surface area (Å²) >= 11 is 0. The average Bonchev–Trinajstić information content (AvgIpc) is 2.10. The first-order valence-electron chi connectivity index (χ1n) is 4.49. The van der Waals surface area contributed by atoms with Crippen molar-refractivity contribution >= 4 is 11.8 Å². The van der Waals surface area contributed by atoms with Gasteiger partial charge < -0.3 is 4.74 Å². The lowest BCUT2D eigenvalue weighted by Gasteiger charge is -2.24. The Hall–Kier alpha value is -1.08. The molecule has 1 rings (SSSR count). The van der Waals surface area contributed by atoms with Crippen molar-refractivity contribution < 1.29 is 23.1 Å². The molecule has 0 unspecified atom stereocenters. The Bertz CT molecular complexity index is 232. The van der Waals surface area contributed by atoms with Crippen LogP contribution >= 0.6 is 0 Å². The number of hydrogen-bond acceptors (Lipinski definition) is 4. The molecule has 1 aliphatic rings. The second-order valence-corrected chi connectivity index (χ2v) is 3.15. The normalized spacial score (nSPS) is 18.3. The molecule has 1 saturated heterocycles. The van der Waals surface area contributed by atoms with E-state index in [0.717, 1.165) is 0 Å². The maximum atomic E-state index is 11.7. The minimum atomic E-state index is -2.49. The molecule has 0 aliphatic carbocycles. The van der Waals surface area contributed by atoms with Gasteiger partial charge in [-0.25, -0.2) is 8.78 Å². The molecule has 0 aromatic heterocycles. The van der Waals surface area contributed by atoms with Crippen LogP contribution in [0.25, 0.3) is 0 Å². The van der Waals surface area contributed by atoms with Gasteiger partial charge in [-0.2, -0.15) is 0 Å². The van der Waals surface area contributed by atoms with Crippen LogP contribution in [-0.4, -0.2) is 56.0 Å². The lowest BCUT2D eigenvalue weighted by molar-refractivity contribution is -0.136. The monoisotopic (exact) mass is 222 g/mol. The van der Waals surface area contributed by atoms with Gasteiger partial charge in [0.2, 0.25) is 11.8 Å². The number of imide groups is 1. The highest BCUT2D eigenvalue weighted by Gasteiger charge is 2.21. The SMILES string of the molecule is O=C1CN(CCOCC(F)F)CC(=O)N1. The van der Waals surface area contributed by atoms with Crippen LogP contribution < -0.4 is 5.32 Å². The topological polar surface area (TPSA) is 58.6 Å². The lowest BCUT2D eigenvalue weighted by Crippen LogP contribution is -2.52.